The predicted octanol–water partition coefficient (Wildman–Crippen LogP) is 4.06. The Kier molecular flexibility index (Phi) is 6.31. The van der Waals surface area contributed by atoms with Gasteiger partial charge in [-0.1, -0.05) is 54.3 Å². The Morgan fingerprint density at radius 3 is 2.63 bits per heavy atom. The average molecular weight is 547 g/mol. The number of nitrogens with zero attached hydrogens (tertiary/aromatic N) is 7. The molecule has 41 heavy (non-hydrogen) atoms. The van der Waals surface area contributed by atoms with Gasteiger partial charge >= 0.3 is 0 Å². The van der Waals surface area contributed by atoms with E-state index in [-0.39, 0.29) is 11.9 Å². The summed E-state index contributed by atoms with van der Waals surface area (Å²) in [5.41, 5.74) is 7.03. The monoisotopic (exact) mass is 546 g/mol. The average Bonchev–Trinajstić information content (AvgIpc) is 3.73. The number of benzene rings is 2. The Labute approximate surface area is 237 Å². The quantitative estimate of drug-likeness (QED) is 0.321. The molecule has 1 amide bonds. The number of aromatic nitrogens is 6. The maximum absolute atomic E-state index is 11.9. The van der Waals surface area contributed by atoms with E-state index in [1.165, 1.54) is 6.08 Å². The van der Waals surface area contributed by atoms with Crippen molar-refractivity contribution in [2.75, 3.05) is 19.7 Å². The van der Waals surface area contributed by atoms with E-state index in [0.29, 0.717) is 18.3 Å². The second-order valence-electron chi connectivity index (χ2n) is 10.5. The summed E-state index contributed by atoms with van der Waals surface area (Å²) in [6.45, 7) is 5.66. The molecule has 1 atom stereocenters. The first kappa shape index (κ1) is 25.2. The first-order valence-corrected chi connectivity index (χ1v) is 13.8. The van der Waals surface area contributed by atoms with Crippen LogP contribution in [0.3, 0.4) is 0 Å². The lowest BCUT2D eigenvalue weighted by atomic mass is 9.99. The number of fused-ring (bicyclic) bond motifs is 2. The van der Waals surface area contributed by atoms with E-state index < -0.39 is 0 Å². The molecule has 2 aliphatic heterocycles. The molecule has 5 heterocycles. The summed E-state index contributed by atoms with van der Waals surface area (Å²) in [4.78, 5) is 18.8. The van der Waals surface area contributed by atoms with Gasteiger partial charge in [-0.2, -0.15) is 5.10 Å². The van der Waals surface area contributed by atoms with E-state index >= 15 is 0 Å². The van der Waals surface area contributed by atoms with Crippen LogP contribution in [-0.4, -0.2) is 66.1 Å². The minimum Gasteiger partial charge on any atom is -0.491 e. The van der Waals surface area contributed by atoms with Crippen molar-refractivity contribution in [2.45, 2.75) is 24.9 Å². The number of carbonyl (C=O) groups is 1. The van der Waals surface area contributed by atoms with Crippen molar-refractivity contribution in [1.82, 2.24) is 39.8 Å². The predicted molar refractivity (Wildman–Crippen MR) is 155 cm³/mol. The van der Waals surface area contributed by atoms with Crippen LogP contribution < -0.4 is 10.1 Å². The van der Waals surface area contributed by atoms with Crippen LogP contribution in [0, 0.1) is 0 Å². The number of hydrogen-bond donors (Lipinski definition) is 1. The molecule has 0 saturated carbocycles. The van der Waals surface area contributed by atoms with Crippen LogP contribution in [0.2, 0.25) is 0 Å². The SMILES string of the molecule is C=CC(=O)N1CCC(N[C@H]2COc3cc(-c4nc5ccc(-c6cn(C)nn6)nn5c4-c4ccccc4)ccc32)CC1. The minimum atomic E-state index is 0.00695. The molecule has 5 aromatic rings. The molecular weight excluding hydrogens is 516 g/mol. The Hall–Kier alpha value is -4.83. The van der Waals surface area contributed by atoms with Gasteiger partial charge in [-0.25, -0.2) is 9.50 Å². The zero-order valence-corrected chi connectivity index (χ0v) is 22.8. The lowest BCUT2D eigenvalue weighted by Crippen LogP contribution is -2.45. The normalized spacial score (nSPS) is 17.0. The van der Waals surface area contributed by atoms with E-state index in [2.05, 4.69) is 52.5 Å². The molecule has 10 heteroatoms. The highest BCUT2D eigenvalue weighted by molar-refractivity contribution is 5.87. The molecule has 1 fully saturated rings. The molecule has 3 aromatic heterocycles. The number of nitrogens with one attached hydrogen (secondary N) is 1. The summed E-state index contributed by atoms with van der Waals surface area (Å²) in [6, 6.07) is 20.8. The second kappa shape index (κ2) is 10.3. The van der Waals surface area contributed by atoms with Gasteiger partial charge in [-0.3, -0.25) is 9.48 Å². The number of imidazole rings is 1. The van der Waals surface area contributed by atoms with Crippen LogP contribution >= 0.6 is 0 Å². The van der Waals surface area contributed by atoms with Crippen LogP contribution in [0.25, 0.3) is 39.5 Å². The highest BCUT2D eigenvalue weighted by Crippen LogP contribution is 2.39. The molecule has 1 saturated heterocycles. The molecule has 10 nitrogen and oxygen atoms in total. The largest absolute Gasteiger partial charge is 0.491 e. The Morgan fingerprint density at radius 2 is 1.88 bits per heavy atom. The van der Waals surface area contributed by atoms with Crippen molar-refractivity contribution in [3.63, 3.8) is 0 Å². The fourth-order valence-electron chi connectivity index (χ4n) is 5.77. The molecule has 1 N–H and O–H groups in total. The highest BCUT2D eigenvalue weighted by atomic mass is 16.5. The number of ether oxygens (including phenoxy) is 1. The van der Waals surface area contributed by atoms with E-state index in [0.717, 1.165) is 71.1 Å². The number of hydrogen-bond acceptors (Lipinski definition) is 7. The summed E-state index contributed by atoms with van der Waals surface area (Å²) in [7, 11) is 1.84. The molecule has 0 unspecified atom stereocenters. The molecule has 2 aliphatic rings. The number of aryl methyl sites for hydroxylation is 1. The third-order valence-corrected chi connectivity index (χ3v) is 7.88. The van der Waals surface area contributed by atoms with Crippen LogP contribution in [0.15, 0.2) is 79.5 Å². The Morgan fingerprint density at radius 1 is 1.05 bits per heavy atom. The number of rotatable bonds is 6. The van der Waals surface area contributed by atoms with Crippen molar-refractivity contribution < 1.29 is 9.53 Å². The van der Waals surface area contributed by atoms with Crippen molar-refractivity contribution in [2.24, 2.45) is 7.05 Å². The maximum atomic E-state index is 11.9. The minimum absolute atomic E-state index is 0.00695. The molecular formula is C31H30N8O2. The van der Waals surface area contributed by atoms with E-state index in [9.17, 15) is 4.79 Å². The number of piperidine rings is 1. The van der Waals surface area contributed by atoms with Gasteiger partial charge in [0.05, 0.1) is 17.9 Å². The summed E-state index contributed by atoms with van der Waals surface area (Å²) in [5, 5.41) is 17.0. The fraction of sp³-hybridized carbons (Fsp3) is 0.258. The lowest BCUT2D eigenvalue weighted by Gasteiger charge is -2.33. The van der Waals surface area contributed by atoms with Crippen LogP contribution in [-0.2, 0) is 11.8 Å². The van der Waals surface area contributed by atoms with Gasteiger partial charge < -0.3 is 15.0 Å². The first-order chi connectivity index (χ1) is 20.1. The Bertz CT molecular complexity index is 1750. The smallest absolute Gasteiger partial charge is 0.245 e. The summed E-state index contributed by atoms with van der Waals surface area (Å²) < 4.78 is 9.73. The van der Waals surface area contributed by atoms with Gasteiger partial charge in [0.25, 0.3) is 0 Å². The van der Waals surface area contributed by atoms with Gasteiger partial charge in [-0.15, -0.1) is 5.10 Å². The van der Waals surface area contributed by atoms with Gasteiger partial charge in [0.1, 0.15) is 29.4 Å². The zero-order chi connectivity index (χ0) is 27.9. The van der Waals surface area contributed by atoms with Crippen LogP contribution in [0.1, 0.15) is 24.4 Å². The molecule has 206 valence electrons. The van der Waals surface area contributed by atoms with Crippen molar-refractivity contribution in [3.8, 4) is 39.7 Å². The number of amides is 1. The molecule has 0 spiro atoms. The van der Waals surface area contributed by atoms with Crippen molar-refractivity contribution >= 4 is 11.6 Å². The van der Waals surface area contributed by atoms with Crippen molar-refractivity contribution in [1.29, 1.82) is 0 Å². The number of carbonyl (C=O) groups excluding carboxylic acids is 1. The van der Waals surface area contributed by atoms with Crippen LogP contribution in [0.5, 0.6) is 5.75 Å². The fourth-order valence-corrected chi connectivity index (χ4v) is 5.77. The van der Waals surface area contributed by atoms with Crippen molar-refractivity contribution in [3.05, 3.63) is 85.1 Å². The van der Waals surface area contributed by atoms with Gasteiger partial charge in [0.2, 0.25) is 5.91 Å². The van der Waals surface area contributed by atoms with E-state index in [1.54, 1.807) is 4.68 Å². The zero-order valence-electron chi connectivity index (χ0n) is 22.8. The maximum Gasteiger partial charge on any atom is 0.245 e. The standard InChI is InChI=1S/C31H30N8O2/c1-3-29(40)38-15-13-22(14-16-38)32-26-19-41-27-17-21(9-10-23(26)27)30-31(20-7-5-4-6-8-20)39-28(33-30)12-11-24(35-39)25-18-37(2)36-34-25/h3-12,17-18,22,26,32H,1,13-16,19H2,2H3/t26-/m0/s1. The molecule has 0 radical (unpaired) electrons. The second-order valence-corrected chi connectivity index (χ2v) is 10.5. The Balaban J connectivity index is 1.20. The summed E-state index contributed by atoms with van der Waals surface area (Å²) in [6.07, 6.45) is 5.07. The summed E-state index contributed by atoms with van der Waals surface area (Å²) >= 11 is 0. The van der Waals surface area contributed by atoms with Gasteiger partial charge in [-0.05, 0) is 37.1 Å². The third kappa shape index (κ3) is 4.66. The van der Waals surface area contributed by atoms with E-state index in [1.807, 2.05) is 53.0 Å². The number of likely N-dealkylation sites (tertiary alicyclic amines) is 1. The topological polar surface area (TPSA) is 102 Å². The molecule has 0 aliphatic carbocycles. The molecule has 2 aromatic carbocycles. The third-order valence-electron chi connectivity index (χ3n) is 7.88. The van der Waals surface area contributed by atoms with Crippen LogP contribution in [0.4, 0.5) is 0 Å². The first-order valence-electron chi connectivity index (χ1n) is 13.8. The summed E-state index contributed by atoms with van der Waals surface area (Å²) in [5.74, 6) is 0.871. The molecule has 7 rings (SSSR count). The van der Waals surface area contributed by atoms with Gasteiger partial charge in [0.15, 0.2) is 5.65 Å². The van der Waals surface area contributed by atoms with E-state index in [4.69, 9.17) is 14.8 Å². The lowest BCUT2D eigenvalue weighted by molar-refractivity contribution is -0.127. The highest BCUT2D eigenvalue weighted by Gasteiger charge is 2.30. The molecule has 0 bridgehead atoms. The van der Waals surface area contributed by atoms with Gasteiger partial charge in [0, 0.05) is 42.9 Å².